The van der Waals surface area contributed by atoms with Crippen molar-refractivity contribution in [3.8, 4) is 5.75 Å². The number of carbonyl (C=O) groups excluding carboxylic acids is 2. The van der Waals surface area contributed by atoms with E-state index in [-0.39, 0.29) is 18.2 Å². The molecule has 0 radical (unpaired) electrons. The maximum absolute atomic E-state index is 12.7. The van der Waals surface area contributed by atoms with Crippen LogP contribution >= 0.6 is 0 Å². The number of fused-ring (bicyclic) bond motifs is 1. The van der Waals surface area contributed by atoms with Crippen molar-refractivity contribution in [2.24, 2.45) is 0 Å². The van der Waals surface area contributed by atoms with Crippen molar-refractivity contribution in [2.45, 2.75) is 52.1 Å². The number of anilines is 1. The lowest BCUT2D eigenvalue weighted by Crippen LogP contribution is -2.53. The van der Waals surface area contributed by atoms with Gasteiger partial charge in [0.2, 0.25) is 5.91 Å². The molecule has 0 saturated carbocycles. The normalized spacial score (nSPS) is 15.3. The number of nitrogens with zero attached hydrogens (tertiary/aromatic N) is 1. The first-order valence-corrected chi connectivity index (χ1v) is 9.40. The van der Waals surface area contributed by atoms with Gasteiger partial charge >= 0.3 is 0 Å². The summed E-state index contributed by atoms with van der Waals surface area (Å²) < 4.78 is 11.3. The summed E-state index contributed by atoms with van der Waals surface area (Å²) in [4.78, 5) is 26.4. The minimum absolute atomic E-state index is 0.0619. The number of nitrogens with one attached hydrogen (secondary N) is 1. The van der Waals surface area contributed by atoms with Gasteiger partial charge in [0.25, 0.3) is 5.91 Å². The molecule has 6 heteroatoms. The Kier molecular flexibility index (Phi) is 7.45. The zero-order valence-corrected chi connectivity index (χ0v) is 16.0. The summed E-state index contributed by atoms with van der Waals surface area (Å²) in [6, 6.07) is 7.42. The Labute approximate surface area is 155 Å². The van der Waals surface area contributed by atoms with Crippen LogP contribution in [0.3, 0.4) is 0 Å². The number of para-hydroxylation sites is 2. The minimum Gasteiger partial charge on any atom is -0.476 e. The Balaban J connectivity index is 1.79. The molecule has 144 valence electrons. The smallest absolute Gasteiger partial charge is 0.270 e. The highest BCUT2D eigenvalue weighted by Crippen LogP contribution is 2.37. The second kappa shape index (κ2) is 9.57. The van der Waals surface area contributed by atoms with Gasteiger partial charge in [-0.05, 0) is 38.8 Å². The number of unbranched alkanes of at least 4 members (excludes halogenated alkanes) is 1. The molecule has 0 bridgehead atoms. The van der Waals surface area contributed by atoms with Crippen LogP contribution in [0, 0.1) is 0 Å². The molecule has 0 unspecified atom stereocenters. The van der Waals surface area contributed by atoms with Crippen molar-refractivity contribution < 1.29 is 19.1 Å². The number of hydrogen-bond acceptors (Lipinski definition) is 4. The Hall–Kier alpha value is -2.08. The van der Waals surface area contributed by atoms with Crippen LogP contribution in [0.15, 0.2) is 24.3 Å². The quantitative estimate of drug-likeness (QED) is 0.650. The van der Waals surface area contributed by atoms with Crippen molar-refractivity contribution >= 4 is 17.5 Å². The molecule has 0 aliphatic carbocycles. The lowest BCUT2D eigenvalue weighted by Gasteiger charge is -2.38. The second-order valence-corrected chi connectivity index (χ2v) is 6.96. The Morgan fingerprint density at radius 1 is 1.23 bits per heavy atom. The highest BCUT2D eigenvalue weighted by atomic mass is 16.5. The standard InChI is InChI=1S/C20H30N2O4/c1-4-5-14-25-15-8-12-21-18(23)11-13-22-16-9-6-7-10-17(16)26-20(2,3)19(22)24/h6-7,9-10H,4-5,8,11-15H2,1-3H3,(H,21,23). The van der Waals surface area contributed by atoms with E-state index in [9.17, 15) is 9.59 Å². The van der Waals surface area contributed by atoms with Gasteiger partial charge in [-0.3, -0.25) is 9.59 Å². The van der Waals surface area contributed by atoms with Crippen LogP contribution in [-0.4, -0.2) is 43.7 Å². The fourth-order valence-electron chi connectivity index (χ4n) is 2.79. The zero-order valence-electron chi connectivity index (χ0n) is 16.0. The fraction of sp³-hybridized carbons (Fsp3) is 0.600. The number of amides is 2. The maximum atomic E-state index is 12.7. The summed E-state index contributed by atoms with van der Waals surface area (Å²) in [5.41, 5.74) is -0.213. The van der Waals surface area contributed by atoms with Crippen LogP contribution in [0.25, 0.3) is 0 Å². The van der Waals surface area contributed by atoms with Crippen LogP contribution < -0.4 is 15.0 Å². The fourth-order valence-corrected chi connectivity index (χ4v) is 2.79. The molecule has 0 aromatic heterocycles. The molecular formula is C20H30N2O4. The van der Waals surface area contributed by atoms with Crippen molar-refractivity contribution in [3.63, 3.8) is 0 Å². The molecule has 0 saturated heterocycles. The summed E-state index contributed by atoms with van der Waals surface area (Å²) in [5, 5.41) is 2.88. The van der Waals surface area contributed by atoms with Crippen LogP contribution in [0.2, 0.25) is 0 Å². The minimum atomic E-state index is -0.930. The third kappa shape index (κ3) is 5.46. The van der Waals surface area contributed by atoms with Gasteiger partial charge in [0.05, 0.1) is 5.69 Å². The summed E-state index contributed by atoms with van der Waals surface area (Å²) in [6.07, 6.45) is 3.24. The van der Waals surface area contributed by atoms with E-state index >= 15 is 0 Å². The molecule has 0 fully saturated rings. The highest BCUT2D eigenvalue weighted by molar-refractivity contribution is 6.02. The third-order valence-corrected chi connectivity index (χ3v) is 4.27. The molecule has 1 aliphatic heterocycles. The van der Waals surface area contributed by atoms with Crippen LogP contribution in [-0.2, 0) is 14.3 Å². The molecule has 0 spiro atoms. The SMILES string of the molecule is CCCCOCCCNC(=O)CCN1C(=O)C(C)(C)Oc2ccccc21. The summed E-state index contributed by atoms with van der Waals surface area (Å²) >= 11 is 0. The van der Waals surface area contributed by atoms with Crippen LogP contribution in [0.1, 0.15) is 46.5 Å². The molecule has 26 heavy (non-hydrogen) atoms. The molecular weight excluding hydrogens is 332 g/mol. The number of ether oxygens (including phenoxy) is 2. The van der Waals surface area contributed by atoms with Crippen molar-refractivity contribution in [2.75, 3.05) is 31.2 Å². The van der Waals surface area contributed by atoms with Crippen molar-refractivity contribution in [1.29, 1.82) is 0 Å². The summed E-state index contributed by atoms with van der Waals surface area (Å²) in [6.45, 7) is 7.98. The van der Waals surface area contributed by atoms with Crippen molar-refractivity contribution in [1.82, 2.24) is 5.32 Å². The molecule has 2 rings (SSSR count). The first-order chi connectivity index (χ1) is 12.5. The number of rotatable bonds is 10. The predicted molar refractivity (Wildman–Crippen MR) is 101 cm³/mol. The molecule has 0 atom stereocenters. The van der Waals surface area contributed by atoms with E-state index in [0.717, 1.165) is 25.9 Å². The maximum Gasteiger partial charge on any atom is 0.270 e. The topological polar surface area (TPSA) is 67.9 Å². The molecule has 1 aromatic rings. The van der Waals surface area contributed by atoms with Gasteiger partial charge in [0.1, 0.15) is 5.75 Å². The van der Waals surface area contributed by atoms with Gasteiger partial charge in [0.15, 0.2) is 5.60 Å². The lowest BCUT2D eigenvalue weighted by atomic mass is 10.0. The van der Waals surface area contributed by atoms with Gasteiger partial charge < -0.3 is 19.7 Å². The van der Waals surface area contributed by atoms with Gasteiger partial charge in [-0.25, -0.2) is 0 Å². The molecule has 6 nitrogen and oxygen atoms in total. The highest BCUT2D eigenvalue weighted by Gasteiger charge is 2.40. The average Bonchev–Trinajstić information content (AvgIpc) is 2.61. The number of carbonyl (C=O) groups is 2. The predicted octanol–water partition coefficient (Wildman–Crippen LogP) is 2.90. The van der Waals surface area contributed by atoms with E-state index in [1.165, 1.54) is 0 Å². The molecule has 1 heterocycles. The van der Waals surface area contributed by atoms with E-state index in [1.54, 1.807) is 18.7 Å². The molecule has 1 aliphatic rings. The third-order valence-electron chi connectivity index (χ3n) is 4.27. The van der Waals surface area contributed by atoms with E-state index in [4.69, 9.17) is 9.47 Å². The monoisotopic (exact) mass is 362 g/mol. The second-order valence-electron chi connectivity index (χ2n) is 6.96. The largest absolute Gasteiger partial charge is 0.476 e. The Bertz CT molecular complexity index is 616. The Morgan fingerprint density at radius 3 is 2.73 bits per heavy atom. The summed E-state index contributed by atoms with van der Waals surface area (Å²) in [5.74, 6) is 0.475. The van der Waals surface area contributed by atoms with E-state index in [0.29, 0.717) is 31.1 Å². The lowest BCUT2D eigenvalue weighted by molar-refractivity contribution is -0.132. The molecule has 1 N–H and O–H groups in total. The summed E-state index contributed by atoms with van der Waals surface area (Å²) in [7, 11) is 0. The van der Waals surface area contributed by atoms with Crippen LogP contribution in [0.5, 0.6) is 5.75 Å². The van der Waals surface area contributed by atoms with E-state index in [1.807, 2.05) is 24.3 Å². The van der Waals surface area contributed by atoms with Crippen LogP contribution in [0.4, 0.5) is 5.69 Å². The molecule has 1 aromatic carbocycles. The van der Waals surface area contributed by atoms with Crippen molar-refractivity contribution in [3.05, 3.63) is 24.3 Å². The Morgan fingerprint density at radius 2 is 1.96 bits per heavy atom. The van der Waals surface area contributed by atoms with Gasteiger partial charge in [0, 0.05) is 32.7 Å². The molecule has 2 amide bonds. The number of hydrogen-bond donors (Lipinski definition) is 1. The first kappa shape index (κ1) is 20.2. The van der Waals surface area contributed by atoms with E-state index < -0.39 is 5.60 Å². The average molecular weight is 362 g/mol. The zero-order chi connectivity index (χ0) is 19.0. The van der Waals surface area contributed by atoms with Gasteiger partial charge in [-0.1, -0.05) is 25.5 Å². The number of benzene rings is 1. The van der Waals surface area contributed by atoms with Gasteiger partial charge in [-0.15, -0.1) is 0 Å². The van der Waals surface area contributed by atoms with E-state index in [2.05, 4.69) is 12.2 Å². The first-order valence-electron chi connectivity index (χ1n) is 9.40. The van der Waals surface area contributed by atoms with Gasteiger partial charge in [-0.2, -0.15) is 0 Å².